The van der Waals surface area contributed by atoms with Gasteiger partial charge in [0.25, 0.3) is 0 Å². The molecule has 88 valence electrons. The smallest absolute Gasteiger partial charge is 0.322 e. The SMILES string of the molecule is COC(=O)C1CCC(C2=C(C)CCC=C2)N1. The van der Waals surface area contributed by atoms with Gasteiger partial charge in [-0.15, -0.1) is 0 Å². The van der Waals surface area contributed by atoms with Crippen molar-refractivity contribution < 1.29 is 9.53 Å². The molecule has 2 unspecified atom stereocenters. The highest BCUT2D eigenvalue weighted by atomic mass is 16.5. The van der Waals surface area contributed by atoms with Crippen LogP contribution in [0.2, 0.25) is 0 Å². The number of allylic oxidation sites excluding steroid dienone is 2. The fourth-order valence-electron chi connectivity index (χ4n) is 2.53. The van der Waals surface area contributed by atoms with Crippen molar-refractivity contribution in [1.82, 2.24) is 5.32 Å². The van der Waals surface area contributed by atoms with E-state index in [2.05, 4.69) is 24.4 Å². The lowest BCUT2D eigenvalue weighted by molar-refractivity contribution is -0.142. The summed E-state index contributed by atoms with van der Waals surface area (Å²) in [6.07, 6.45) is 8.61. The summed E-state index contributed by atoms with van der Waals surface area (Å²) in [5.41, 5.74) is 2.82. The number of carbonyl (C=O) groups excluding carboxylic acids is 1. The molecule has 16 heavy (non-hydrogen) atoms. The van der Waals surface area contributed by atoms with E-state index >= 15 is 0 Å². The van der Waals surface area contributed by atoms with Crippen LogP contribution in [0.1, 0.15) is 32.6 Å². The predicted molar refractivity (Wildman–Crippen MR) is 63.0 cm³/mol. The molecule has 1 saturated heterocycles. The van der Waals surface area contributed by atoms with Crippen molar-refractivity contribution in [3.8, 4) is 0 Å². The van der Waals surface area contributed by atoms with E-state index in [9.17, 15) is 4.79 Å². The molecule has 3 nitrogen and oxygen atoms in total. The van der Waals surface area contributed by atoms with Crippen LogP contribution < -0.4 is 5.32 Å². The highest BCUT2D eigenvalue weighted by Crippen LogP contribution is 2.27. The van der Waals surface area contributed by atoms with Crippen LogP contribution in [0.4, 0.5) is 0 Å². The number of methoxy groups -OCH3 is 1. The Morgan fingerprint density at radius 2 is 2.31 bits per heavy atom. The Labute approximate surface area is 96.6 Å². The van der Waals surface area contributed by atoms with Gasteiger partial charge in [0.05, 0.1) is 7.11 Å². The molecule has 2 atom stereocenters. The standard InChI is InChI=1S/C13H19NO2/c1-9-5-3-4-6-10(9)11-7-8-12(14-11)13(15)16-2/h4,6,11-12,14H,3,5,7-8H2,1-2H3. The first-order valence-electron chi connectivity index (χ1n) is 5.92. The summed E-state index contributed by atoms with van der Waals surface area (Å²) in [5.74, 6) is -0.138. The van der Waals surface area contributed by atoms with Gasteiger partial charge in [-0.05, 0) is 38.2 Å². The van der Waals surface area contributed by atoms with E-state index in [1.54, 1.807) is 0 Å². The molecule has 0 saturated carbocycles. The van der Waals surface area contributed by atoms with Crippen molar-refractivity contribution in [2.24, 2.45) is 0 Å². The number of carbonyl (C=O) groups is 1. The molecule has 0 aromatic heterocycles. The molecule has 0 aromatic rings. The molecule has 0 radical (unpaired) electrons. The third-order valence-corrected chi connectivity index (χ3v) is 3.48. The second-order valence-corrected chi connectivity index (χ2v) is 4.55. The quantitative estimate of drug-likeness (QED) is 0.724. The van der Waals surface area contributed by atoms with Crippen molar-refractivity contribution in [2.45, 2.75) is 44.7 Å². The van der Waals surface area contributed by atoms with Gasteiger partial charge in [0, 0.05) is 6.04 Å². The number of hydrogen-bond acceptors (Lipinski definition) is 3. The molecule has 0 bridgehead atoms. The van der Waals surface area contributed by atoms with Gasteiger partial charge < -0.3 is 4.74 Å². The normalized spacial score (nSPS) is 29.6. The third-order valence-electron chi connectivity index (χ3n) is 3.48. The van der Waals surface area contributed by atoms with Gasteiger partial charge in [0.1, 0.15) is 6.04 Å². The minimum atomic E-state index is -0.138. The van der Waals surface area contributed by atoms with Gasteiger partial charge in [-0.25, -0.2) is 0 Å². The molecular formula is C13H19NO2. The van der Waals surface area contributed by atoms with Crippen molar-refractivity contribution in [3.05, 3.63) is 23.3 Å². The Morgan fingerprint density at radius 1 is 1.50 bits per heavy atom. The summed E-state index contributed by atoms with van der Waals surface area (Å²) < 4.78 is 4.76. The van der Waals surface area contributed by atoms with E-state index in [0.717, 1.165) is 25.7 Å². The first kappa shape index (κ1) is 11.4. The monoisotopic (exact) mass is 221 g/mol. The van der Waals surface area contributed by atoms with Gasteiger partial charge in [-0.3, -0.25) is 10.1 Å². The highest BCUT2D eigenvalue weighted by Gasteiger charge is 2.31. The Balaban J connectivity index is 2.03. The first-order valence-corrected chi connectivity index (χ1v) is 5.92. The summed E-state index contributed by atoms with van der Waals surface area (Å²) in [7, 11) is 1.45. The molecule has 1 N–H and O–H groups in total. The van der Waals surface area contributed by atoms with Gasteiger partial charge in [-0.2, -0.15) is 0 Å². The lowest BCUT2D eigenvalue weighted by Crippen LogP contribution is -2.37. The number of ether oxygens (including phenoxy) is 1. The zero-order chi connectivity index (χ0) is 11.5. The fraction of sp³-hybridized carbons (Fsp3) is 0.615. The molecular weight excluding hydrogens is 202 g/mol. The highest BCUT2D eigenvalue weighted by molar-refractivity contribution is 5.76. The molecule has 0 aromatic carbocycles. The predicted octanol–water partition coefficient (Wildman–Crippen LogP) is 1.95. The Morgan fingerprint density at radius 3 is 3.00 bits per heavy atom. The maximum absolute atomic E-state index is 11.4. The lowest BCUT2D eigenvalue weighted by Gasteiger charge is -2.19. The molecule has 1 fully saturated rings. The van der Waals surface area contributed by atoms with Gasteiger partial charge in [-0.1, -0.05) is 17.7 Å². The molecule has 1 heterocycles. The van der Waals surface area contributed by atoms with Crippen LogP contribution in [0.3, 0.4) is 0 Å². The Hall–Kier alpha value is -1.09. The number of rotatable bonds is 2. The maximum Gasteiger partial charge on any atom is 0.322 e. The summed E-state index contributed by atoms with van der Waals surface area (Å²) in [5, 5.41) is 3.36. The van der Waals surface area contributed by atoms with E-state index in [1.165, 1.54) is 18.3 Å². The van der Waals surface area contributed by atoms with Crippen LogP contribution in [0.25, 0.3) is 0 Å². The Kier molecular flexibility index (Phi) is 3.44. The average molecular weight is 221 g/mol. The van der Waals surface area contributed by atoms with Crippen LogP contribution in [0.5, 0.6) is 0 Å². The zero-order valence-corrected chi connectivity index (χ0v) is 9.95. The minimum absolute atomic E-state index is 0.120. The fourth-order valence-corrected chi connectivity index (χ4v) is 2.53. The van der Waals surface area contributed by atoms with E-state index in [4.69, 9.17) is 4.74 Å². The van der Waals surface area contributed by atoms with Gasteiger partial charge >= 0.3 is 5.97 Å². The molecule has 1 aliphatic heterocycles. The molecule has 1 aliphatic carbocycles. The second kappa shape index (κ2) is 4.83. The van der Waals surface area contributed by atoms with Crippen LogP contribution in [-0.2, 0) is 9.53 Å². The maximum atomic E-state index is 11.4. The summed E-state index contributed by atoms with van der Waals surface area (Å²) >= 11 is 0. The van der Waals surface area contributed by atoms with Crippen LogP contribution >= 0.6 is 0 Å². The van der Waals surface area contributed by atoms with E-state index < -0.39 is 0 Å². The summed E-state index contributed by atoms with van der Waals surface area (Å²) in [6.45, 7) is 2.19. The van der Waals surface area contributed by atoms with Crippen LogP contribution in [-0.4, -0.2) is 25.2 Å². The zero-order valence-electron chi connectivity index (χ0n) is 9.95. The van der Waals surface area contributed by atoms with Crippen molar-refractivity contribution in [1.29, 1.82) is 0 Å². The summed E-state index contributed by atoms with van der Waals surface area (Å²) in [6, 6.07) is 0.214. The molecule has 3 heteroatoms. The van der Waals surface area contributed by atoms with Gasteiger partial charge in [0.2, 0.25) is 0 Å². The minimum Gasteiger partial charge on any atom is -0.468 e. The number of esters is 1. The van der Waals surface area contributed by atoms with Crippen molar-refractivity contribution >= 4 is 5.97 Å². The largest absolute Gasteiger partial charge is 0.468 e. The number of nitrogens with one attached hydrogen (secondary N) is 1. The topological polar surface area (TPSA) is 38.3 Å². The molecule has 0 amide bonds. The lowest BCUT2D eigenvalue weighted by atomic mass is 9.93. The molecule has 0 spiro atoms. The second-order valence-electron chi connectivity index (χ2n) is 4.55. The van der Waals surface area contributed by atoms with Crippen molar-refractivity contribution in [3.63, 3.8) is 0 Å². The average Bonchev–Trinajstić information content (AvgIpc) is 2.78. The first-order chi connectivity index (χ1) is 7.72. The van der Waals surface area contributed by atoms with Crippen molar-refractivity contribution in [2.75, 3.05) is 7.11 Å². The third kappa shape index (κ3) is 2.19. The number of hydrogen-bond donors (Lipinski definition) is 1. The van der Waals surface area contributed by atoms with Gasteiger partial charge in [0.15, 0.2) is 0 Å². The van der Waals surface area contributed by atoms with E-state index in [1.807, 2.05) is 0 Å². The van der Waals surface area contributed by atoms with Crippen LogP contribution in [0.15, 0.2) is 23.3 Å². The van der Waals surface area contributed by atoms with E-state index in [-0.39, 0.29) is 12.0 Å². The summed E-state index contributed by atoms with van der Waals surface area (Å²) in [4.78, 5) is 11.4. The van der Waals surface area contributed by atoms with E-state index in [0.29, 0.717) is 6.04 Å². The molecule has 2 aliphatic rings. The Bertz CT molecular complexity index is 344. The van der Waals surface area contributed by atoms with Crippen LogP contribution in [0, 0.1) is 0 Å². The molecule has 2 rings (SSSR count).